The van der Waals surface area contributed by atoms with Gasteiger partial charge in [0.05, 0.1) is 16.7 Å². The van der Waals surface area contributed by atoms with E-state index in [1.807, 2.05) is 42.5 Å². The zero-order chi connectivity index (χ0) is 40.7. The molecule has 0 amide bonds. The van der Waals surface area contributed by atoms with E-state index in [0.717, 1.165) is 72.5 Å². The van der Waals surface area contributed by atoms with Crippen LogP contribution in [0.3, 0.4) is 0 Å². The molecule has 0 N–H and O–H groups in total. The molecule has 9 aromatic carbocycles. The molecule has 5 heteroatoms. The molecule has 13 rings (SSSR count). The van der Waals surface area contributed by atoms with E-state index in [1.54, 1.807) is 0 Å². The number of benzene rings is 9. The van der Waals surface area contributed by atoms with Gasteiger partial charge in [0.2, 0.25) is 0 Å². The number of nitrogens with zero attached hydrogens (tertiary/aromatic N) is 4. The highest BCUT2D eigenvalue weighted by Crippen LogP contribution is 2.47. The number of rotatable bonds is 6. The molecule has 0 saturated carbocycles. The first-order chi connectivity index (χ1) is 30.7. The van der Waals surface area contributed by atoms with Crippen molar-refractivity contribution in [3.63, 3.8) is 0 Å². The summed E-state index contributed by atoms with van der Waals surface area (Å²) >= 11 is 0. The van der Waals surface area contributed by atoms with E-state index in [0.29, 0.717) is 17.5 Å². The molecule has 0 saturated heterocycles. The van der Waals surface area contributed by atoms with Gasteiger partial charge in [0.15, 0.2) is 17.5 Å². The van der Waals surface area contributed by atoms with Crippen LogP contribution < -0.4 is 0 Å². The summed E-state index contributed by atoms with van der Waals surface area (Å²) in [5, 5.41) is 6.79. The summed E-state index contributed by atoms with van der Waals surface area (Å²) in [6.07, 6.45) is 0.894. The molecular formula is C57H36N4O. The lowest BCUT2D eigenvalue weighted by atomic mass is 9.90. The van der Waals surface area contributed by atoms with Crippen molar-refractivity contribution in [2.24, 2.45) is 0 Å². The molecule has 0 aliphatic heterocycles. The average Bonchev–Trinajstić information content (AvgIpc) is 3.97. The van der Waals surface area contributed by atoms with Crippen LogP contribution in [0.2, 0.25) is 0 Å². The zero-order valence-corrected chi connectivity index (χ0v) is 33.5. The quantitative estimate of drug-likeness (QED) is 0.168. The minimum Gasteiger partial charge on any atom is -0.456 e. The van der Waals surface area contributed by atoms with Crippen LogP contribution in [0.15, 0.2) is 205 Å². The molecule has 0 unspecified atom stereocenters. The SMILES string of the molecule is c1ccc(-c2nc(-c3ccccc3)nc(-c3ccc(-n4c5cc(CC6c7ccccc7-c7ccccc76)ccc5c5cc6c(cc54)oc4ccccc46)c4ccccc34)n2)cc1. The normalized spacial score (nSPS) is 12.5. The highest BCUT2D eigenvalue weighted by molar-refractivity contribution is 6.18. The summed E-state index contributed by atoms with van der Waals surface area (Å²) in [5.74, 6) is 2.18. The topological polar surface area (TPSA) is 56.7 Å². The molecule has 0 radical (unpaired) electrons. The molecule has 0 bridgehead atoms. The van der Waals surface area contributed by atoms with Crippen molar-refractivity contribution in [3.05, 3.63) is 217 Å². The molecule has 1 aliphatic carbocycles. The van der Waals surface area contributed by atoms with Crippen LogP contribution in [0.5, 0.6) is 0 Å². The molecule has 62 heavy (non-hydrogen) atoms. The van der Waals surface area contributed by atoms with E-state index in [2.05, 4.69) is 162 Å². The Kier molecular flexibility index (Phi) is 7.66. The van der Waals surface area contributed by atoms with Crippen molar-refractivity contribution in [3.8, 4) is 51.0 Å². The number of furan rings is 1. The maximum atomic E-state index is 6.55. The Balaban J connectivity index is 1.04. The maximum absolute atomic E-state index is 6.55. The lowest BCUT2D eigenvalue weighted by Gasteiger charge is -2.16. The van der Waals surface area contributed by atoms with E-state index >= 15 is 0 Å². The second-order valence-electron chi connectivity index (χ2n) is 16.3. The smallest absolute Gasteiger partial charge is 0.164 e. The van der Waals surface area contributed by atoms with Crippen molar-refractivity contribution >= 4 is 54.5 Å². The fraction of sp³-hybridized carbons (Fsp3) is 0.0351. The lowest BCUT2D eigenvalue weighted by Crippen LogP contribution is -2.03. The fourth-order valence-corrected chi connectivity index (χ4v) is 9.99. The van der Waals surface area contributed by atoms with E-state index in [-0.39, 0.29) is 5.92 Å². The first-order valence-electron chi connectivity index (χ1n) is 21.2. The number of hydrogen-bond donors (Lipinski definition) is 0. The first kappa shape index (κ1) is 34.7. The second kappa shape index (κ2) is 13.7. The Bertz CT molecular complexity index is 3630. The van der Waals surface area contributed by atoms with Crippen molar-refractivity contribution in [2.45, 2.75) is 12.3 Å². The van der Waals surface area contributed by atoms with E-state index in [4.69, 9.17) is 19.4 Å². The minimum absolute atomic E-state index is 0.272. The largest absolute Gasteiger partial charge is 0.456 e. The summed E-state index contributed by atoms with van der Waals surface area (Å²) in [5.41, 5.74) is 14.7. The summed E-state index contributed by atoms with van der Waals surface area (Å²) in [7, 11) is 0. The Hall–Kier alpha value is -8.15. The van der Waals surface area contributed by atoms with Crippen LogP contribution in [0.1, 0.15) is 22.6 Å². The third-order valence-corrected chi connectivity index (χ3v) is 12.8. The maximum Gasteiger partial charge on any atom is 0.164 e. The standard InChI is InChI=1S/C57H36N4O/c1-3-15-36(16-4-1)55-58-56(37-17-5-2-6-18-37)60-57(59-55)46-29-30-50(43-24-12-11-23-42(43)46)61-51-32-35(31-47-40-21-9-7-19-38(40)39-20-8-10-22-41(39)47)27-28-44(51)48-33-49-45-25-13-14-26-53(45)62-54(49)34-52(48)61/h1-30,32-34,47H,31H2. The molecule has 290 valence electrons. The summed E-state index contributed by atoms with van der Waals surface area (Å²) in [6.45, 7) is 0. The van der Waals surface area contributed by atoms with Crippen LogP contribution in [0.4, 0.5) is 0 Å². The predicted molar refractivity (Wildman–Crippen MR) is 253 cm³/mol. The molecule has 5 nitrogen and oxygen atoms in total. The van der Waals surface area contributed by atoms with Crippen LogP contribution in [0, 0.1) is 0 Å². The fourth-order valence-electron chi connectivity index (χ4n) is 9.99. The predicted octanol–water partition coefficient (Wildman–Crippen LogP) is 14.4. The number of aromatic nitrogens is 4. The van der Waals surface area contributed by atoms with Gasteiger partial charge in [-0.05, 0) is 70.0 Å². The monoisotopic (exact) mass is 792 g/mol. The molecule has 3 aromatic heterocycles. The van der Waals surface area contributed by atoms with Gasteiger partial charge in [0, 0.05) is 55.6 Å². The van der Waals surface area contributed by atoms with E-state index in [9.17, 15) is 0 Å². The summed E-state index contributed by atoms with van der Waals surface area (Å²) in [4.78, 5) is 15.3. The van der Waals surface area contributed by atoms with Crippen LogP contribution >= 0.6 is 0 Å². The third kappa shape index (κ3) is 5.38. The summed E-state index contributed by atoms with van der Waals surface area (Å²) < 4.78 is 9.00. The van der Waals surface area contributed by atoms with Gasteiger partial charge in [0.25, 0.3) is 0 Å². The van der Waals surface area contributed by atoms with Crippen LogP contribution in [-0.2, 0) is 6.42 Å². The van der Waals surface area contributed by atoms with E-state index < -0.39 is 0 Å². The van der Waals surface area contributed by atoms with Gasteiger partial charge in [-0.25, -0.2) is 15.0 Å². The molecule has 3 heterocycles. The lowest BCUT2D eigenvalue weighted by molar-refractivity contribution is 0.669. The van der Waals surface area contributed by atoms with Gasteiger partial charge >= 0.3 is 0 Å². The van der Waals surface area contributed by atoms with Crippen molar-refractivity contribution < 1.29 is 4.42 Å². The van der Waals surface area contributed by atoms with Gasteiger partial charge < -0.3 is 8.98 Å². The average molecular weight is 793 g/mol. The van der Waals surface area contributed by atoms with Gasteiger partial charge in [-0.15, -0.1) is 0 Å². The Labute approximate surface area is 357 Å². The Morgan fingerprint density at radius 3 is 1.68 bits per heavy atom. The van der Waals surface area contributed by atoms with Gasteiger partial charge in [0.1, 0.15) is 11.2 Å². The van der Waals surface area contributed by atoms with Crippen molar-refractivity contribution in [1.82, 2.24) is 19.5 Å². The highest BCUT2D eigenvalue weighted by atomic mass is 16.3. The minimum atomic E-state index is 0.272. The highest BCUT2D eigenvalue weighted by Gasteiger charge is 2.29. The summed E-state index contributed by atoms with van der Waals surface area (Å²) in [6, 6.07) is 71.2. The molecular weight excluding hydrogens is 757 g/mol. The van der Waals surface area contributed by atoms with Crippen molar-refractivity contribution in [2.75, 3.05) is 0 Å². The number of fused-ring (bicyclic) bond motifs is 10. The molecule has 12 aromatic rings. The molecule has 0 atom stereocenters. The van der Waals surface area contributed by atoms with Gasteiger partial charge in [-0.2, -0.15) is 0 Å². The van der Waals surface area contributed by atoms with Crippen LogP contribution in [0.25, 0.3) is 105 Å². The van der Waals surface area contributed by atoms with Crippen LogP contribution in [-0.4, -0.2) is 19.5 Å². The van der Waals surface area contributed by atoms with Gasteiger partial charge in [-0.3, -0.25) is 0 Å². The second-order valence-corrected chi connectivity index (χ2v) is 16.3. The number of para-hydroxylation sites is 1. The molecule has 1 aliphatic rings. The zero-order valence-electron chi connectivity index (χ0n) is 33.5. The van der Waals surface area contributed by atoms with E-state index in [1.165, 1.54) is 38.6 Å². The number of hydrogen-bond acceptors (Lipinski definition) is 4. The Morgan fingerprint density at radius 1 is 0.387 bits per heavy atom. The first-order valence-corrected chi connectivity index (χ1v) is 21.2. The molecule has 0 fully saturated rings. The molecule has 0 spiro atoms. The third-order valence-electron chi connectivity index (χ3n) is 12.8. The van der Waals surface area contributed by atoms with Gasteiger partial charge in [-0.1, -0.05) is 164 Å². The van der Waals surface area contributed by atoms with Crippen molar-refractivity contribution in [1.29, 1.82) is 0 Å². The Morgan fingerprint density at radius 2 is 0.968 bits per heavy atom.